The van der Waals surface area contributed by atoms with Crippen molar-refractivity contribution in [2.45, 2.75) is 83.7 Å². The number of ether oxygens (including phenoxy) is 4. The molecule has 0 aromatic rings. The summed E-state index contributed by atoms with van der Waals surface area (Å²) >= 11 is 0. The summed E-state index contributed by atoms with van der Waals surface area (Å²) in [6, 6.07) is 0. The first-order valence-electron chi connectivity index (χ1n) is 12.0. The lowest BCUT2D eigenvalue weighted by Gasteiger charge is -2.63. The highest BCUT2D eigenvalue weighted by molar-refractivity contribution is 5.20. The highest BCUT2D eigenvalue weighted by Crippen LogP contribution is 2.73. The van der Waals surface area contributed by atoms with Crippen molar-refractivity contribution in [3.63, 3.8) is 0 Å². The Morgan fingerprint density at radius 1 is 0.786 bits per heavy atom. The largest absolute Gasteiger partial charge is 0.343 e. The van der Waals surface area contributed by atoms with Gasteiger partial charge in [0.15, 0.2) is 0 Å². The molecule has 6 fully saturated rings. The summed E-state index contributed by atoms with van der Waals surface area (Å²) in [4.78, 5) is 0. The van der Waals surface area contributed by atoms with Gasteiger partial charge in [-0.3, -0.25) is 0 Å². The molecule has 0 N–H and O–H groups in total. The fourth-order valence-corrected chi connectivity index (χ4v) is 9.37. The summed E-state index contributed by atoms with van der Waals surface area (Å²) in [5.41, 5.74) is 0.523. The number of rotatable bonds is 0. The summed E-state index contributed by atoms with van der Waals surface area (Å²) in [5.74, 6) is 2.49. The van der Waals surface area contributed by atoms with Gasteiger partial charge < -0.3 is 18.9 Å². The molecule has 0 aromatic heterocycles. The minimum atomic E-state index is -0.698. The molecule has 2 saturated heterocycles. The maximum atomic E-state index is 6.53. The number of fused-ring (bicyclic) bond motifs is 5. The predicted molar refractivity (Wildman–Crippen MR) is 106 cm³/mol. The minimum absolute atomic E-state index is 0.0128. The van der Waals surface area contributed by atoms with Crippen LogP contribution in [0.15, 0.2) is 0 Å². The molecule has 0 radical (unpaired) electrons. The van der Waals surface area contributed by atoms with Gasteiger partial charge in [0.1, 0.15) is 0 Å². The zero-order valence-electron chi connectivity index (χ0n) is 18.0. The molecule has 6 aliphatic rings. The van der Waals surface area contributed by atoms with Crippen LogP contribution in [0.3, 0.4) is 0 Å². The van der Waals surface area contributed by atoms with Crippen LogP contribution >= 0.6 is 0 Å². The van der Waals surface area contributed by atoms with Gasteiger partial charge in [-0.25, -0.2) is 0 Å². The van der Waals surface area contributed by atoms with E-state index in [9.17, 15) is 0 Å². The van der Waals surface area contributed by atoms with Crippen LogP contribution in [0.2, 0.25) is 0 Å². The summed E-state index contributed by atoms with van der Waals surface area (Å²) in [6.45, 7) is 10.1. The van der Waals surface area contributed by atoms with Crippen LogP contribution in [0.4, 0.5) is 0 Å². The lowest BCUT2D eigenvalue weighted by Crippen LogP contribution is -2.70. The fourth-order valence-electron chi connectivity index (χ4n) is 9.37. The Morgan fingerprint density at radius 2 is 1.50 bits per heavy atom. The van der Waals surface area contributed by atoms with Gasteiger partial charge in [-0.1, -0.05) is 33.6 Å². The first-order valence-corrected chi connectivity index (χ1v) is 12.0. The van der Waals surface area contributed by atoms with Crippen LogP contribution in [0, 0.1) is 40.4 Å². The Bertz CT molecular complexity index is 637. The smallest absolute Gasteiger partial charge is 0.229 e. The van der Waals surface area contributed by atoms with Crippen LogP contribution in [0.5, 0.6) is 0 Å². The molecule has 2 heterocycles. The van der Waals surface area contributed by atoms with E-state index in [-0.39, 0.29) is 5.41 Å². The minimum Gasteiger partial charge on any atom is -0.343 e. The predicted octanol–water partition coefficient (Wildman–Crippen LogP) is 4.76. The highest BCUT2D eigenvalue weighted by Gasteiger charge is 2.79. The van der Waals surface area contributed by atoms with Crippen molar-refractivity contribution in [2.24, 2.45) is 40.4 Å². The van der Waals surface area contributed by atoms with Gasteiger partial charge in [0.2, 0.25) is 11.6 Å². The maximum Gasteiger partial charge on any atom is 0.229 e. The molecule has 1 unspecified atom stereocenters. The number of hydrogen-bond acceptors (Lipinski definition) is 4. The van der Waals surface area contributed by atoms with Gasteiger partial charge in [-0.2, -0.15) is 0 Å². The highest BCUT2D eigenvalue weighted by atomic mass is 16.8. The van der Waals surface area contributed by atoms with E-state index in [0.717, 1.165) is 30.1 Å². The first kappa shape index (κ1) is 18.6. The Morgan fingerprint density at radius 3 is 2.25 bits per heavy atom. The van der Waals surface area contributed by atoms with Crippen molar-refractivity contribution >= 4 is 0 Å². The lowest BCUT2D eigenvalue weighted by atomic mass is 9.43. The van der Waals surface area contributed by atoms with E-state index in [1.54, 1.807) is 0 Å². The molecule has 4 heteroatoms. The Kier molecular flexibility index (Phi) is 3.96. The third kappa shape index (κ3) is 2.02. The molecule has 0 amide bonds. The topological polar surface area (TPSA) is 36.9 Å². The Labute approximate surface area is 170 Å². The molecule has 0 spiro atoms. The van der Waals surface area contributed by atoms with Gasteiger partial charge in [0.05, 0.1) is 26.4 Å². The van der Waals surface area contributed by atoms with E-state index in [4.69, 9.17) is 18.9 Å². The molecule has 4 aliphatic carbocycles. The van der Waals surface area contributed by atoms with Crippen LogP contribution < -0.4 is 0 Å². The molecule has 158 valence electrons. The third-order valence-corrected chi connectivity index (χ3v) is 10.5. The molecular formula is C24H38O4. The second-order valence-corrected chi connectivity index (χ2v) is 11.4. The van der Waals surface area contributed by atoms with Gasteiger partial charge in [-0.05, 0) is 67.1 Å². The van der Waals surface area contributed by atoms with Gasteiger partial charge in [0, 0.05) is 11.8 Å². The van der Waals surface area contributed by atoms with Crippen LogP contribution in [-0.2, 0) is 18.9 Å². The van der Waals surface area contributed by atoms with E-state index in [1.165, 1.54) is 44.9 Å². The Hall–Kier alpha value is -0.160. The molecule has 28 heavy (non-hydrogen) atoms. The molecule has 6 rings (SSSR count). The third-order valence-electron chi connectivity index (χ3n) is 10.5. The van der Waals surface area contributed by atoms with Gasteiger partial charge >= 0.3 is 0 Å². The second kappa shape index (κ2) is 5.96. The lowest BCUT2D eigenvalue weighted by molar-refractivity contribution is -0.474. The second-order valence-electron chi connectivity index (χ2n) is 11.4. The van der Waals surface area contributed by atoms with Crippen LogP contribution in [0.1, 0.15) is 72.1 Å². The van der Waals surface area contributed by atoms with E-state index < -0.39 is 11.6 Å². The maximum absolute atomic E-state index is 6.53. The zero-order chi connectivity index (χ0) is 19.2. The molecular weight excluding hydrogens is 352 g/mol. The average Bonchev–Trinajstić information content (AvgIpc) is 2.95. The van der Waals surface area contributed by atoms with Crippen molar-refractivity contribution in [3.8, 4) is 0 Å². The molecule has 0 bridgehead atoms. The van der Waals surface area contributed by atoms with Crippen LogP contribution in [-0.4, -0.2) is 38.0 Å². The molecule has 0 aromatic carbocycles. The van der Waals surface area contributed by atoms with Gasteiger partial charge in [-0.15, -0.1) is 0 Å². The van der Waals surface area contributed by atoms with E-state index in [2.05, 4.69) is 20.8 Å². The SMILES string of the molecule is C[C@@H]1CC2CCCC[C@]2(C)[C@H]2CC[C@@]3(C)[C@@H](CC45OCCOC43OCCO5)[C@H]12. The van der Waals surface area contributed by atoms with E-state index in [1.807, 2.05) is 0 Å². The van der Waals surface area contributed by atoms with E-state index >= 15 is 0 Å². The first-order chi connectivity index (χ1) is 13.5. The van der Waals surface area contributed by atoms with Crippen LogP contribution in [0.25, 0.3) is 0 Å². The molecule has 2 aliphatic heterocycles. The normalized spacial score (nSPS) is 60.8. The van der Waals surface area contributed by atoms with Crippen molar-refractivity contribution in [1.29, 1.82) is 0 Å². The monoisotopic (exact) mass is 390 g/mol. The molecule has 4 nitrogen and oxygen atoms in total. The van der Waals surface area contributed by atoms with Crippen molar-refractivity contribution in [1.82, 2.24) is 0 Å². The fraction of sp³-hybridized carbons (Fsp3) is 1.00. The van der Waals surface area contributed by atoms with Crippen molar-refractivity contribution in [2.75, 3.05) is 26.4 Å². The van der Waals surface area contributed by atoms with E-state index in [0.29, 0.717) is 37.8 Å². The summed E-state index contributed by atoms with van der Waals surface area (Å²) in [6.07, 6.45) is 10.6. The summed E-state index contributed by atoms with van der Waals surface area (Å²) in [5, 5.41) is 0. The van der Waals surface area contributed by atoms with Crippen molar-refractivity contribution < 1.29 is 18.9 Å². The standard InChI is InChI=1S/C24H38O4/c1-16-14-17-6-4-5-8-21(17,2)18-7-9-22(3)19(20(16)18)15-23-24(22,27-12-10-25-23)28-13-11-26-23/h16-20H,4-15H2,1-3H3/t16-,17?,18+,19+,20-,21+,22+,23?,24?/m1/s1. The molecule has 7 atom stereocenters. The number of hydrogen-bond donors (Lipinski definition) is 0. The summed E-state index contributed by atoms with van der Waals surface area (Å²) < 4.78 is 25.9. The van der Waals surface area contributed by atoms with Crippen molar-refractivity contribution in [3.05, 3.63) is 0 Å². The average molecular weight is 391 g/mol. The molecule has 4 saturated carbocycles. The summed E-state index contributed by atoms with van der Waals surface area (Å²) in [7, 11) is 0. The van der Waals surface area contributed by atoms with Gasteiger partial charge in [0.25, 0.3) is 0 Å². The Balaban J connectivity index is 1.43. The quantitative estimate of drug-likeness (QED) is 0.597. The zero-order valence-corrected chi connectivity index (χ0v) is 18.0.